The molecule has 0 spiro atoms. The summed E-state index contributed by atoms with van der Waals surface area (Å²) in [5, 5.41) is 0. The molecule has 0 saturated carbocycles. The zero-order chi connectivity index (χ0) is 12.8. The molecule has 1 fully saturated rings. The lowest BCUT2D eigenvalue weighted by Crippen LogP contribution is -2.48. The minimum Gasteiger partial charge on any atom is -0.433 e. The van der Waals surface area contributed by atoms with Crippen LogP contribution in [0.3, 0.4) is 0 Å². The van der Waals surface area contributed by atoms with Gasteiger partial charge in [0.25, 0.3) is 0 Å². The summed E-state index contributed by atoms with van der Waals surface area (Å²) in [5.74, 6) is 0.646. The predicted octanol–water partition coefficient (Wildman–Crippen LogP) is 1.39. The average molecular weight is 244 g/mol. The van der Waals surface area contributed by atoms with E-state index in [1.165, 1.54) is 0 Å². The number of ether oxygens (including phenoxy) is 2. The van der Waals surface area contributed by atoms with Crippen LogP contribution in [0.1, 0.15) is 19.8 Å². The summed E-state index contributed by atoms with van der Waals surface area (Å²) in [7, 11) is 5.42. The Bertz CT molecular complexity index is 246. The molecule has 1 amide bonds. The van der Waals surface area contributed by atoms with Crippen molar-refractivity contribution in [1.29, 1.82) is 0 Å². The molecule has 5 heteroatoms. The van der Waals surface area contributed by atoms with Crippen LogP contribution in [0.5, 0.6) is 0 Å². The molecular formula is C12H24N2O3. The third-order valence-corrected chi connectivity index (χ3v) is 3.02. The summed E-state index contributed by atoms with van der Waals surface area (Å²) in [4.78, 5) is 15.5. The first-order valence-electron chi connectivity index (χ1n) is 6.11. The number of carbonyl (C=O) groups is 1. The van der Waals surface area contributed by atoms with E-state index in [-0.39, 0.29) is 12.1 Å². The molecule has 1 saturated heterocycles. The number of hydrogen-bond acceptors (Lipinski definition) is 4. The molecule has 5 nitrogen and oxygen atoms in total. The largest absolute Gasteiger partial charge is 0.433 e. The van der Waals surface area contributed by atoms with Crippen LogP contribution in [0.2, 0.25) is 0 Å². The molecule has 0 aromatic rings. The first-order chi connectivity index (χ1) is 8.04. The molecule has 1 aliphatic rings. The SMILES string of the molecule is COCC1CC(C)CCN1C(=O)OCN(C)C. The Morgan fingerprint density at radius 1 is 1.47 bits per heavy atom. The zero-order valence-corrected chi connectivity index (χ0v) is 11.3. The number of methoxy groups -OCH3 is 1. The fourth-order valence-electron chi connectivity index (χ4n) is 2.11. The van der Waals surface area contributed by atoms with Crippen LogP contribution in [0.4, 0.5) is 4.79 Å². The van der Waals surface area contributed by atoms with Gasteiger partial charge in [-0.25, -0.2) is 4.79 Å². The molecule has 2 unspecified atom stereocenters. The highest BCUT2D eigenvalue weighted by molar-refractivity contribution is 5.68. The molecule has 17 heavy (non-hydrogen) atoms. The van der Waals surface area contributed by atoms with Gasteiger partial charge in [0.2, 0.25) is 0 Å². The van der Waals surface area contributed by atoms with Gasteiger partial charge in [-0.05, 0) is 32.9 Å². The van der Waals surface area contributed by atoms with E-state index in [1.807, 2.05) is 19.0 Å². The summed E-state index contributed by atoms with van der Waals surface area (Å²) < 4.78 is 10.4. The van der Waals surface area contributed by atoms with Gasteiger partial charge in [-0.15, -0.1) is 0 Å². The summed E-state index contributed by atoms with van der Waals surface area (Å²) in [6.07, 6.45) is 1.80. The molecule has 100 valence electrons. The van der Waals surface area contributed by atoms with E-state index < -0.39 is 0 Å². The van der Waals surface area contributed by atoms with Crippen LogP contribution in [-0.2, 0) is 9.47 Å². The van der Waals surface area contributed by atoms with Gasteiger partial charge in [0.05, 0.1) is 12.6 Å². The van der Waals surface area contributed by atoms with Crippen molar-refractivity contribution < 1.29 is 14.3 Å². The van der Waals surface area contributed by atoms with Crippen LogP contribution in [-0.4, -0.2) is 63.0 Å². The van der Waals surface area contributed by atoms with Crippen molar-refractivity contribution >= 4 is 6.09 Å². The second kappa shape index (κ2) is 6.81. The molecule has 2 atom stereocenters. The first-order valence-corrected chi connectivity index (χ1v) is 6.11. The lowest BCUT2D eigenvalue weighted by Gasteiger charge is -2.37. The van der Waals surface area contributed by atoms with Crippen LogP contribution in [0.15, 0.2) is 0 Å². The zero-order valence-electron chi connectivity index (χ0n) is 11.3. The number of nitrogens with zero attached hydrogens (tertiary/aromatic N) is 2. The highest BCUT2D eigenvalue weighted by atomic mass is 16.6. The number of amides is 1. The molecular weight excluding hydrogens is 220 g/mol. The maximum absolute atomic E-state index is 11.9. The van der Waals surface area contributed by atoms with E-state index in [0.717, 1.165) is 19.4 Å². The van der Waals surface area contributed by atoms with Gasteiger partial charge >= 0.3 is 6.09 Å². The lowest BCUT2D eigenvalue weighted by molar-refractivity contribution is 0.0161. The topological polar surface area (TPSA) is 42.0 Å². The van der Waals surface area contributed by atoms with Crippen molar-refractivity contribution in [3.63, 3.8) is 0 Å². The van der Waals surface area contributed by atoms with E-state index in [2.05, 4.69) is 6.92 Å². The fraction of sp³-hybridized carbons (Fsp3) is 0.917. The molecule has 1 rings (SSSR count). The van der Waals surface area contributed by atoms with E-state index >= 15 is 0 Å². The van der Waals surface area contributed by atoms with Gasteiger partial charge in [0.1, 0.15) is 6.73 Å². The number of likely N-dealkylation sites (tertiary alicyclic amines) is 1. The number of carbonyl (C=O) groups excluding carboxylic acids is 1. The molecule has 0 N–H and O–H groups in total. The maximum atomic E-state index is 11.9. The van der Waals surface area contributed by atoms with Gasteiger partial charge < -0.3 is 14.4 Å². The smallest absolute Gasteiger partial charge is 0.411 e. The highest BCUT2D eigenvalue weighted by Crippen LogP contribution is 2.23. The lowest BCUT2D eigenvalue weighted by atomic mass is 9.93. The van der Waals surface area contributed by atoms with Crippen LogP contribution in [0.25, 0.3) is 0 Å². The summed E-state index contributed by atoms with van der Waals surface area (Å²) in [5.41, 5.74) is 0. The summed E-state index contributed by atoms with van der Waals surface area (Å²) >= 11 is 0. The average Bonchev–Trinajstić information content (AvgIpc) is 2.26. The molecule has 1 aliphatic heterocycles. The number of hydrogen-bond donors (Lipinski definition) is 0. The van der Waals surface area contributed by atoms with Gasteiger partial charge in [-0.1, -0.05) is 6.92 Å². The van der Waals surface area contributed by atoms with E-state index in [4.69, 9.17) is 9.47 Å². The Hall–Kier alpha value is -0.810. The minimum absolute atomic E-state index is 0.151. The Morgan fingerprint density at radius 2 is 2.18 bits per heavy atom. The van der Waals surface area contributed by atoms with Crippen molar-refractivity contribution in [2.24, 2.45) is 5.92 Å². The Morgan fingerprint density at radius 3 is 2.76 bits per heavy atom. The third kappa shape index (κ3) is 4.52. The van der Waals surface area contributed by atoms with Crippen LogP contribution >= 0.6 is 0 Å². The van der Waals surface area contributed by atoms with E-state index in [0.29, 0.717) is 19.3 Å². The predicted molar refractivity (Wildman–Crippen MR) is 65.8 cm³/mol. The van der Waals surface area contributed by atoms with Gasteiger partial charge in [0, 0.05) is 13.7 Å². The molecule has 1 heterocycles. The minimum atomic E-state index is -0.229. The monoisotopic (exact) mass is 244 g/mol. The molecule has 0 radical (unpaired) electrons. The van der Waals surface area contributed by atoms with Gasteiger partial charge in [-0.2, -0.15) is 0 Å². The first kappa shape index (κ1) is 14.3. The van der Waals surface area contributed by atoms with Gasteiger partial charge in [0.15, 0.2) is 0 Å². The van der Waals surface area contributed by atoms with Crippen molar-refractivity contribution in [3.8, 4) is 0 Å². The van der Waals surface area contributed by atoms with Crippen molar-refractivity contribution in [2.45, 2.75) is 25.8 Å². The van der Waals surface area contributed by atoms with E-state index in [9.17, 15) is 4.79 Å². The second-order valence-corrected chi connectivity index (χ2v) is 5.05. The standard InChI is InChI=1S/C12H24N2O3/c1-10-5-6-14(11(7-10)8-16-4)12(15)17-9-13(2)3/h10-11H,5-9H2,1-4H3. The molecule has 0 aromatic heterocycles. The highest BCUT2D eigenvalue weighted by Gasteiger charge is 2.30. The second-order valence-electron chi connectivity index (χ2n) is 5.05. The van der Waals surface area contributed by atoms with E-state index in [1.54, 1.807) is 12.0 Å². The molecule has 0 aromatic carbocycles. The maximum Gasteiger partial charge on any atom is 0.411 e. The van der Waals surface area contributed by atoms with Crippen molar-refractivity contribution in [1.82, 2.24) is 9.80 Å². The number of piperidine rings is 1. The summed E-state index contributed by atoms with van der Waals surface area (Å²) in [6.45, 7) is 3.89. The fourth-order valence-corrected chi connectivity index (χ4v) is 2.11. The Balaban J connectivity index is 2.50. The van der Waals surface area contributed by atoms with Crippen LogP contribution in [0, 0.1) is 5.92 Å². The molecule has 0 bridgehead atoms. The normalized spacial score (nSPS) is 25.1. The van der Waals surface area contributed by atoms with Crippen molar-refractivity contribution in [2.75, 3.05) is 41.1 Å². The summed E-state index contributed by atoms with van der Waals surface area (Å²) in [6, 6.07) is 0.151. The quantitative estimate of drug-likeness (QED) is 0.701. The van der Waals surface area contributed by atoms with Crippen molar-refractivity contribution in [3.05, 3.63) is 0 Å². The molecule has 0 aliphatic carbocycles. The Kier molecular flexibility index (Phi) is 5.71. The number of rotatable bonds is 4. The third-order valence-electron chi connectivity index (χ3n) is 3.02. The van der Waals surface area contributed by atoms with Gasteiger partial charge in [-0.3, -0.25) is 4.90 Å². The Labute approximate surface area is 104 Å². The van der Waals surface area contributed by atoms with Crippen LogP contribution < -0.4 is 0 Å².